The molecule has 0 aromatic carbocycles. The minimum Gasteiger partial charge on any atom is -0.319 e. The summed E-state index contributed by atoms with van der Waals surface area (Å²) in [4.78, 5) is 0. The third-order valence-electron chi connectivity index (χ3n) is 3.62. The van der Waals surface area contributed by atoms with E-state index in [0.717, 1.165) is 25.3 Å². The van der Waals surface area contributed by atoms with Gasteiger partial charge in [-0.3, -0.25) is 0 Å². The van der Waals surface area contributed by atoms with Crippen molar-refractivity contribution in [2.75, 3.05) is 25.6 Å². The first-order valence-electron chi connectivity index (χ1n) is 6.35. The summed E-state index contributed by atoms with van der Waals surface area (Å²) < 4.78 is 22.2. The Morgan fingerprint density at radius 1 is 1.31 bits per heavy atom. The fourth-order valence-corrected chi connectivity index (χ4v) is 3.49. The molecule has 96 valence electrons. The van der Waals surface area contributed by atoms with E-state index >= 15 is 0 Å². The molecule has 0 radical (unpaired) electrons. The summed E-state index contributed by atoms with van der Waals surface area (Å²) in [5.41, 5.74) is 0. The Hall–Kier alpha value is -0.0900. The van der Waals surface area contributed by atoms with E-state index in [1.165, 1.54) is 31.9 Å². The molecule has 0 saturated heterocycles. The Bertz CT molecular complexity index is 281. The van der Waals surface area contributed by atoms with Gasteiger partial charge in [-0.25, -0.2) is 8.42 Å². The third-order valence-corrected chi connectivity index (χ3v) is 4.65. The summed E-state index contributed by atoms with van der Waals surface area (Å²) in [7, 11) is -0.794. The molecule has 0 heterocycles. The Balaban J connectivity index is 2.32. The van der Waals surface area contributed by atoms with Gasteiger partial charge in [-0.2, -0.15) is 0 Å². The zero-order chi connectivity index (χ0) is 12.0. The minimum absolute atomic E-state index is 0.347. The molecule has 1 saturated carbocycles. The van der Waals surface area contributed by atoms with Crippen LogP contribution in [-0.4, -0.2) is 34.0 Å². The topological polar surface area (TPSA) is 46.2 Å². The maximum Gasteiger partial charge on any atom is 0.147 e. The van der Waals surface area contributed by atoms with Crippen LogP contribution in [-0.2, 0) is 9.84 Å². The molecule has 1 atom stereocenters. The fraction of sp³-hybridized carbons (Fsp3) is 1.00. The molecular formula is C12H25NO2S. The van der Waals surface area contributed by atoms with Crippen LogP contribution in [0.2, 0.25) is 0 Å². The number of hydrogen-bond acceptors (Lipinski definition) is 3. The number of hydrogen-bond donors (Lipinski definition) is 1. The van der Waals surface area contributed by atoms with Gasteiger partial charge in [0, 0.05) is 12.0 Å². The van der Waals surface area contributed by atoms with Crippen molar-refractivity contribution in [3.05, 3.63) is 0 Å². The van der Waals surface area contributed by atoms with Crippen LogP contribution in [0.1, 0.15) is 38.5 Å². The largest absolute Gasteiger partial charge is 0.319 e. The quantitative estimate of drug-likeness (QED) is 0.746. The molecule has 0 aromatic rings. The van der Waals surface area contributed by atoms with Gasteiger partial charge in [0.05, 0.1) is 0 Å². The van der Waals surface area contributed by atoms with Crippen molar-refractivity contribution in [2.45, 2.75) is 38.5 Å². The molecule has 1 N–H and O–H groups in total. The zero-order valence-corrected chi connectivity index (χ0v) is 11.4. The Labute approximate surface area is 99.9 Å². The van der Waals surface area contributed by atoms with Crippen LogP contribution in [0.3, 0.4) is 0 Å². The lowest BCUT2D eigenvalue weighted by Gasteiger charge is -2.22. The molecule has 1 aliphatic rings. The summed E-state index contributed by atoms with van der Waals surface area (Å²) in [6, 6.07) is 0. The van der Waals surface area contributed by atoms with Gasteiger partial charge in [0.1, 0.15) is 9.84 Å². The monoisotopic (exact) mass is 247 g/mol. The molecule has 0 bridgehead atoms. The van der Waals surface area contributed by atoms with E-state index in [1.54, 1.807) is 0 Å². The van der Waals surface area contributed by atoms with Gasteiger partial charge in [-0.15, -0.1) is 0 Å². The van der Waals surface area contributed by atoms with Gasteiger partial charge >= 0.3 is 0 Å². The molecule has 1 fully saturated rings. The van der Waals surface area contributed by atoms with Crippen molar-refractivity contribution in [3.63, 3.8) is 0 Å². The van der Waals surface area contributed by atoms with Crippen LogP contribution < -0.4 is 5.32 Å². The zero-order valence-electron chi connectivity index (χ0n) is 10.5. The second kappa shape index (κ2) is 6.60. The molecule has 0 spiro atoms. The predicted octanol–water partition coefficient (Wildman–Crippen LogP) is 1.84. The highest BCUT2D eigenvalue weighted by molar-refractivity contribution is 7.90. The standard InChI is InChI=1S/C12H25NO2S/c1-13-10-12(11-6-3-4-7-11)8-5-9-16(2,14)15/h11-13H,3-10H2,1-2H3. The van der Waals surface area contributed by atoms with Crippen molar-refractivity contribution in [3.8, 4) is 0 Å². The summed E-state index contributed by atoms with van der Waals surface area (Å²) in [6.45, 7) is 1.04. The van der Waals surface area contributed by atoms with Gasteiger partial charge < -0.3 is 5.32 Å². The lowest BCUT2D eigenvalue weighted by Crippen LogP contribution is -2.25. The van der Waals surface area contributed by atoms with E-state index in [4.69, 9.17) is 0 Å². The number of sulfone groups is 1. The van der Waals surface area contributed by atoms with Crippen LogP contribution in [0.5, 0.6) is 0 Å². The molecule has 0 aliphatic heterocycles. The SMILES string of the molecule is CNCC(CCCS(C)(=O)=O)C1CCCC1. The van der Waals surface area contributed by atoms with Crippen molar-refractivity contribution in [1.29, 1.82) is 0 Å². The van der Waals surface area contributed by atoms with Gasteiger partial charge in [0.25, 0.3) is 0 Å². The molecular weight excluding hydrogens is 222 g/mol. The molecule has 3 nitrogen and oxygen atoms in total. The summed E-state index contributed by atoms with van der Waals surface area (Å²) in [5.74, 6) is 1.85. The van der Waals surface area contributed by atoms with Crippen molar-refractivity contribution in [2.24, 2.45) is 11.8 Å². The van der Waals surface area contributed by atoms with Crippen molar-refractivity contribution in [1.82, 2.24) is 5.32 Å². The van der Waals surface area contributed by atoms with Crippen LogP contribution >= 0.6 is 0 Å². The Morgan fingerprint density at radius 3 is 2.44 bits per heavy atom. The highest BCUT2D eigenvalue weighted by Crippen LogP contribution is 2.33. The maximum absolute atomic E-state index is 11.1. The Morgan fingerprint density at radius 2 is 1.94 bits per heavy atom. The first kappa shape index (κ1) is 14.0. The number of rotatable bonds is 7. The highest BCUT2D eigenvalue weighted by atomic mass is 32.2. The van der Waals surface area contributed by atoms with Crippen LogP contribution in [0.25, 0.3) is 0 Å². The normalized spacial score (nSPS) is 20.1. The highest BCUT2D eigenvalue weighted by Gasteiger charge is 2.24. The van der Waals surface area contributed by atoms with Crippen LogP contribution in [0.4, 0.5) is 0 Å². The second-order valence-corrected chi connectivity index (χ2v) is 7.39. The van der Waals surface area contributed by atoms with Gasteiger partial charge in [-0.1, -0.05) is 25.7 Å². The first-order chi connectivity index (χ1) is 7.53. The summed E-state index contributed by atoms with van der Waals surface area (Å²) in [6.07, 6.45) is 8.60. The van der Waals surface area contributed by atoms with E-state index in [2.05, 4.69) is 5.32 Å². The minimum atomic E-state index is -2.78. The summed E-state index contributed by atoms with van der Waals surface area (Å²) >= 11 is 0. The van der Waals surface area contributed by atoms with Gasteiger partial charge in [0.2, 0.25) is 0 Å². The lowest BCUT2D eigenvalue weighted by molar-refractivity contribution is 0.309. The maximum atomic E-state index is 11.1. The van der Waals surface area contributed by atoms with Crippen molar-refractivity contribution >= 4 is 9.84 Å². The van der Waals surface area contributed by atoms with E-state index in [-0.39, 0.29) is 0 Å². The van der Waals surface area contributed by atoms with Crippen LogP contribution in [0.15, 0.2) is 0 Å². The molecule has 4 heteroatoms. The van der Waals surface area contributed by atoms with Gasteiger partial charge in [0.15, 0.2) is 0 Å². The average molecular weight is 247 g/mol. The molecule has 1 rings (SSSR count). The molecule has 1 aliphatic carbocycles. The first-order valence-corrected chi connectivity index (χ1v) is 8.41. The fourth-order valence-electron chi connectivity index (χ4n) is 2.80. The predicted molar refractivity (Wildman–Crippen MR) is 68.3 cm³/mol. The molecule has 16 heavy (non-hydrogen) atoms. The number of nitrogens with one attached hydrogen (secondary N) is 1. The van der Waals surface area contributed by atoms with Crippen LogP contribution in [0, 0.1) is 11.8 Å². The lowest BCUT2D eigenvalue weighted by atomic mass is 9.87. The molecule has 0 amide bonds. The van der Waals surface area contributed by atoms with E-state index in [9.17, 15) is 8.42 Å². The average Bonchev–Trinajstić information content (AvgIpc) is 2.67. The molecule has 0 aromatic heterocycles. The van der Waals surface area contributed by atoms with Gasteiger partial charge in [-0.05, 0) is 38.3 Å². The molecule has 1 unspecified atom stereocenters. The van der Waals surface area contributed by atoms with E-state index in [0.29, 0.717) is 11.7 Å². The second-order valence-electron chi connectivity index (χ2n) is 5.13. The third kappa shape index (κ3) is 5.30. The van der Waals surface area contributed by atoms with E-state index in [1.807, 2.05) is 7.05 Å². The van der Waals surface area contributed by atoms with E-state index < -0.39 is 9.84 Å². The smallest absolute Gasteiger partial charge is 0.147 e. The van der Waals surface area contributed by atoms with Crippen molar-refractivity contribution < 1.29 is 8.42 Å². The Kier molecular flexibility index (Phi) is 5.76. The summed E-state index contributed by atoms with van der Waals surface area (Å²) in [5, 5.41) is 3.24.